The van der Waals surface area contributed by atoms with Crippen LogP contribution in [-0.4, -0.2) is 65.5 Å². The standard InChI is InChI=1S/C29H31F3N6O3.CH2O2/c1-6-38(4,7-2)14-13-20-15-19(17-33)11-12-23(20)25-24(26(39)41-5)18(3)36(27-34-35-28(40)37(25)27)22-10-8-9-21(16-22)29(30,31)32;2-1-3/h8-12,15-16,25H,6-7,13-14H2,1-5H3;1H,(H,2,3). The van der Waals surface area contributed by atoms with Crippen LogP contribution in [-0.2, 0) is 26.9 Å². The molecule has 0 aliphatic carbocycles. The van der Waals surface area contributed by atoms with Crippen molar-refractivity contribution in [3.05, 3.63) is 86.5 Å². The molecule has 4 rings (SSSR count). The molecule has 1 unspecified atom stereocenters. The third-order valence-corrected chi connectivity index (χ3v) is 7.99. The van der Waals surface area contributed by atoms with Crippen LogP contribution >= 0.6 is 0 Å². The Balaban J connectivity index is 0.00000169. The number of nitrogens with one attached hydrogen (secondary N) is 1. The first-order chi connectivity index (χ1) is 20.8. The summed E-state index contributed by atoms with van der Waals surface area (Å²) in [6.07, 6.45) is -4.06. The molecule has 0 saturated carbocycles. The number of esters is 1. The van der Waals surface area contributed by atoms with Gasteiger partial charge in [0.25, 0.3) is 0 Å². The largest absolute Gasteiger partial charge is 0.554 e. The van der Waals surface area contributed by atoms with E-state index in [-0.39, 0.29) is 22.9 Å². The third-order valence-electron chi connectivity index (χ3n) is 7.99. The van der Waals surface area contributed by atoms with E-state index < -0.39 is 35.9 Å². The van der Waals surface area contributed by atoms with Crippen LogP contribution in [0, 0.1) is 11.3 Å². The Morgan fingerprint density at radius 2 is 1.89 bits per heavy atom. The number of hydrogen-bond donors (Lipinski definition) is 1. The van der Waals surface area contributed by atoms with Crippen LogP contribution in [0.2, 0.25) is 0 Å². The summed E-state index contributed by atoms with van der Waals surface area (Å²) in [5.41, 5.74) is 0.618. The molecule has 44 heavy (non-hydrogen) atoms. The lowest BCUT2D eigenvalue weighted by Crippen LogP contribution is -2.45. The van der Waals surface area contributed by atoms with E-state index in [0.717, 1.165) is 41.8 Å². The number of carbonyl (C=O) groups is 2. The van der Waals surface area contributed by atoms with Gasteiger partial charge in [-0.2, -0.15) is 18.4 Å². The highest BCUT2D eigenvalue weighted by Crippen LogP contribution is 2.43. The van der Waals surface area contributed by atoms with Crippen molar-refractivity contribution in [1.29, 1.82) is 5.26 Å². The lowest BCUT2D eigenvalue weighted by Gasteiger charge is -2.36. The molecule has 3 aromatic rings. The molecule has 1 aliphatic rings. The summed E-state index contributed by atoms with van der Waals surface area (Å²) in [5, 5.41) is 24.4. The number of aromatic amines is 1. The first kappa shape index (κ1) is 33.6. The summed E-state index contributed by atoms with van der Waals surface area (Å²) in [5.74, 6) is -0.733. The second-order valence-corrected chi connectivity index (χ2v) is 10.3. The number of carboxylic acid groups (broad SMARTS) is 1. The number of hydrogen-bond acceptors (Lipinski definition) is 8. The first-order valence-corrected chi connectivity index (χ1v) is 13.7. The maximum atomic E-state index is 13.6. The quantitative estimate of drug-likeness (QED) is 0.232. The average molecular weight is 615 g/mol. The number of ether oxygens (including phenoxy) is 1. The molecule has 2 heterocycles. The number of benzene rings is 2. The molecule has 0 fully saturated rings. The van der Waals surface area contributed by atoms with Gasteiger partial charge in [0.15, 0.2) is 0 Å². The van der Waals surface area contributed by atoms with Crippen molar-refractivity contribution < 1.29 is 37.1 Å². The van der Waals surface area contributed by atoms with Crippen molar-refractivity contribution in [3.8, 4) is 6.07 Å². The van der Waals surface area contributed by atoms with Crippen molar-refractivity contribution in [2.75, 3.05) is 38.7 Å². The molecule has 1 N–H and O–H groups in total. The van der Waals surface area contributed by atoms with Crippen LogP contribution < -0.4 is 15.7 Å². The fourth-order valence-corrected chi connectivity index (χ4v) is 5.17. The zero-order chi connectivity index (χ0) is 32.8. The minimum absolute atomic E-state index is 0.0162. The monoisotopic (exact) mass is 614 g/mol. The van der Waals surface area contributed by atoms with Crippen molar-refractivity contribution in [2.24, 2.45) is 0 Å². The van der Waals surface area contributed by atoms with Crippen LogP contribution in [0.3, 0.4) is 0 Å². The molecular formula is C30H33F3N6O5. The topological polar surface area (TPSA) is 144 Å². The highest BCUT2D eigenvalue weighted by atomic mass is 19.4. The highest BCUT2D eigenvalue weighted by molar-refractivity contribution is 5.93. The molecule has 2 aromatic carbocycles. The summed E-state index contributed by atoms with van der Waals surface area (Å²) in [7, 11) is 3.33. The summed E-state index contributed by atoms with van der Waals surface area (Å²) < 4.78 is 47.9. The molecule has 1 atom stereocenters. The van der Waals surface area contributed by atoms with Gasteiger partial charge in [-0.05, 0) is 62.2 Å². The molecule has 11 nitrogen and oxygen atoms in total. The second kappa shape index (κ2) is 13.6. The summed E-state index contributed by atoms with van der Waals surface area (Å²) >= 11 is 0. The lowest BCUT2D eigenvalue weighted by atomic mass is 9.89. The van der Waals surface area contributed by atoms with Crippen molar-refractivity contribution in [3.63, 3.8) is 0 Å². The van der Waals surface area contributed by atoms with Crippen molar-refractivity contribution >= 4 is 24.1 Å². The minimum Gasteiger partial charge on any atom is -0.554 e. The summed E-state index contributed by atoms with van der Waals surface area (Å²) in [6.45, 7) is 7.78. The van der Waals surface area contributed by atoms with Gasteiger partial charge in [-0.15, -0.1) is 5.10 Å². The number of H-pyrrole nitrogens is 1. The van der Waals surface area contributed by atoms with Gasteiger partial charge in [0.05, 0.1) is 56.6 Å². The van der Waals surface area contributed by atoms with E-state index in [9.17, 15) is 28.0 Å². The number of halogens is 3. The Hall–Kier alpha value is -4.90. The maximum Gasteiger partial charge on any atom is 0.416 e. The summed E-state index contributed by atoms with van der Waals surface area (Å²) in [6, 6.07) is 10.8. The van der Waals surface area contributed by atoms with Crippen molar-refractivity contribution in [1.82, 2.24) is 14.8 Å². The number of nitrogens with zero attached hydrogens (tertiary/aromatic N) is 5. The maximum absolute atomic E-state index is 13.6. The molecule has 234 valence electrons. The van der Waals surface area contributed by atoms with Gasteiger partial charge in [-0.3, -0.25) is 4.90 Å². The Labute approximate surface area is 252 Å². The summed E-state index contributed by atoms with van der Waals surface area (Å²) in [4.78, 5) is 36.2. The highest BCUT2D eigenvalue weighted by Gasteiger charge is 2.41. The number of likely N-dealkylation sites (N-methyl/N-ethyl adjacent to an activating group) is 1. The van der Waals surface area contributed by atoms with Crippen LogP contribution in [0.25, 0.3) is 0 Å². The number of fused-ring (bicyclic) bond motifs is 1. The predicted molar refractivity (Wildman–Crippen MR) is 152 cm³/mol. The molecular weight excluding hydrogens is 581 g/mol. The van der Waals surface area contributed by atoms with E-state index in [2.05, 4.69) is 37.2 Å². The van der Waals surface area contributed by atoms with E-state index in [1.54, 1.807) is 25.1 Å². The number of anilines is 2. The molecule has 1 aliphatic heterocycles. The van der Waals surface area contributed by atoms with E-state index in [1.807, 2.05) is 0 Å². The van der Waals surface area contributed by atoms with E-state index in [1.165, 1.54) is 28.7 Å². The Morgan fingerprint density at radius 1 is 1.23 bits per heavy atom. The van der Waals surface area contributed by atoms with Gasteiger partial charge in [0, 0.05) is 24.3 Å². The number of nitriles is 1. The van der Waals surface area contributed by atoms with Gasteiger partial charge in [0.2, 0.25) is 5.95 Å². The first-order valence-electron chi connectivity index (χ1n) is 13.7. The lowest BCUT2D eigenvalue weighted by molar-refractivity contribution is -0.905. The number of methoxy groups -OCH3 is 1. The molecule has 0 spiro atoms. The molecule has 1 aromatic heterocycles. The van der Waals surface area contributed by atoms with Crippen LogP contribution in [0.15, 0.2) is 58.5 Å². The zero-order valence-corrected chi connectivity index (χ0v) is 24.9. The van der Waals surface area contributed by atoms with Crippen LogP contribution in [0.1, 0.15) is 49.1 Å². The van der Waals surface area contributed by atoms with Crippen molar-refractivity contribution in [2.45, 2.75) is 39.4 Å². The molecule has 0 saturated heterocycles. The fourth-order valence-electron chi connectivity index (χ4n) is 5.17. The van der Waals surface area contributed by atoms with E-state index in [4.69, 9.17) is 14.6 Å². The Morgan fingerprint density at radius 3 is 2.45 bits per heavy atom. The van der Waals surface area contributed by atoms with Gasteiger partial charge >= 0.3 is 17.8 Å². The predicted octanol–water partition coefficient (Wildman–Crippen LogP) is 3.04. The molecule has 14 heteroatoms. The fraction of sp³-hybridized carbons (Fsp3) is 0.367. The number of aromatic nitrogens is 3. The smallest absolute Gasteiger partial charge is 0.416 e. The van der Waals surface area contributed by atoms with E-state index >= 15 is 0 Å². The van der Waals surface area contributed by atoms with Crippen LogP contribution in [0.4, 0.5) is 24.8 Å². The number of alkyl halides is 3. The van der Waals surface area contributed by atoms with Gasteiger partial charge < -0.3 is 19.1 Å². The van der Waals surface area contributed by atoms with Gasteiger partial charge in [0.1, 0.15) is 6.04 Å². The average Bonchev–Trinajstić information content (AvgIpc) is 3.39. The number of quaternary nitrogens is 1. The second-order valence-electron chi connectivity index (χ2n) is 10.3. The normalized spacial score (nSPS) is 14.7. The SMILES string of the molecule is CC[N+](C)(CC)CCc1cc(C#N)ccc1C1C(C(=O)OC)=C(C)N(c2cccc(C(F)(F)F)c2)c2n[nH]c(=O)n21.O=C[O-]. The molecule has 0 radical (unpaired) electrons. The van der Waals surface area contributed by atoms with Crippen LogP contribution in [0.5, 0.6) is 0 Å². The van der Waals surface area contributed by atoms with Gasteiger partial charge in [-0.25, -0.2) is 19.3 Å². The number of rotatable bonds is 8. The zero-order valence-electron chi connectivity index (χ0n) is 24.9. The van der Waals surface area contributed by atoms with E-state index in [0.29, 0.717) is 17.5 Å². The Kier molecular flexibility index (Phi) is 10.4. The minimum atomic E-state index is -4.61. The van der Waals surface area contributed by atoms with Gasteiger partial charge in [-0.1, -0.05) is 12.1 Å². The number of carbonyl (C=O) groups excluding carboxylic acids is 2. The molecule has 0 bridgehead atoms. The Bertz CT molecular complexity index is 1650. The molecule has 0 amide bonds. The number of allylic oxidation sites excluding steroid dienone is 1. The third kappa shape index (κ3) is 6.68.